The molecule has 0 aromatic heterocycles. The molecule has 3 rings (SSSR count). The molecule has 148 valence electrons. The molecule has 2 fully saturated rings. The highest BCUT2D eigenvalue weighted by atomic mass is 19.1. The van der Waals surface area contributed by atoms with E-state index in [-0.39, 0.29) is 24.3 Å². The minimum Gasteiger partial charge on any atom is -0.481 e. The Morgan fingerprint density at radius 3 is 2.63 bits per heavy atom. The first kappa shape index (κ1) is 19.8. The maximum atomic E-state index is 13.0. The van der Waals surface area contributed by atoms with Gasteiger partial charge in [0.05, 0.1) is 12.0 Å². The summed E-state index contributed by atoms with van der Waals surface area (Å²) in [7, 11) is 3.82. The van der Waals surface area contributed by atoms with E-state index in [4.69, 9.17) is 0 Å². The average Bonchev–Trinajstić information content (AvgIpc) is 2.63. The van der Waals surface area contributed by atoms with Crippen LogP contribution in [0.2, 0.25) is 0 Å². The number of amides is 1. The van der Waals surface area contributed by atoms with Crippen molar-refractivity contribution in [3.8, 4) is 0 Å². The summed E-state index contributed by atoms with van der Waals surface area (Å²) in [6, 6.07) is 6.13. The number of carbonyl (C=O) groups excluding carboxylic acids is 1. The number of hydrogen-bond acceptors (Lipinski definition) is 4. The molecule has 0 spiro atoms. The molecule has 0 bridgehead atoms. The van der Waals surface area contributed by atoms with Crippen molar-refractivity contribution in [2.45, 2.75) is 31.8 Å². The number of hydrogen-bond donors (Lipinski definition) is 1. The topological polar surface area (TPSA) is 64.1 Å². The number of carbonyl (C=O) groups is 2. The van der Waals surface area contributed by atoms with Gasteiger partial charge in [-0.05, 0) is 57.6 Å². The van der Waals surface area contributed by atoms with Gasteiger partial charge in [-0.15, -0.1) is 0 Å². The second-order valence-corrected chi connectivity index (χ2v) is 7.95. The molecule has 0 aliphatic carbocycles. The molecular weight excluding hydrogens is 349 g/mol. The molecule has 0 radical (unpaired) electrons. The summed E-state index contributed by atoms with van der Waals surface area (Å²) < 4.78 is 13.0. The first-order valence-corrected chi connectivity index (χ1v) is 9.46. The Morgan fingerprint density at radius 2 is 1.96 bits per heavy atom. The molecule has 2 atom stereocenters. The number of halogens is 1. The van der Waals surface area contributed by atoms with Gasteiger partial charge in [-0.3, -0.25) is 14.5 Å². The zero-order chi connectivity index (χ0) is 19.6. The molecule has 2 heterocycles. The Labute approximate surface area is 159 Å². The number of rotatable bonds is 5. The molecule has 0 saturated carbocycles. The maximum absolute atomic E-state index is 13.0. The third-order valence-corrected chi connectivity index (χ3v) is 6.07. The number of aliphatic carboxylic acids is 1. The van der Waals surface area contributed by atoms with Crippen molar-refractivity contribution in [3.05, 3.63) is 35.6 Å². The highest BCUT2D eigenvalue weighted by Gasteiger charge is 2.52. The number of likely N-dealkylation sites (N-methyl/N-ethyl adjacent to an activating group) is 2. The van der Waals surface area contributed by atoms with Crippen molar-refractivity contribution in [1.82, 2.24) is 14.7 Å². The fourth-order valence-electron chi connectivity index (χ4n) is 4.50. The van der Waals surface area contributed by atoms with E-state index in [1.807, 2.05) is 19.0 Å². The molecule has 1 aromatic rings. The third kappa shape index (κ3) is 4.14. The van der Waals surface area contributed by atoms with Crippen LogP contribution in [-0.4, -0.2) is 78.0 Å². The SMILES string of the molecule is CN(CC(=O)N1CC[C@@]2(C(=O)O)CCCN(C)[C@@H]2C1)Cc1ccc(F)cc1. The van der Waals surface area contributed by atoms with Gasteiger partial charge in [0, 0.05) is 25.7 Å². The molecule has 1 amide bonds. The third-order valence-electron chi connectivity index (χ3n) is 6.07. The van der Waals surface area contributed by atoms with E-state index in [0.29, 0.717) is 32.5 Å². The van der Waals surface area contributed by atoms with Crippen LogP contribution >= 0.6 is 0 Å². The quantitative estimate of drug-likeness (QED) is 0.846. The van der Waals surface area contributed by atoms with E-state index in [2.05, 4.69) is 4.90 Å². The summed E-state index contributed by atoms with van der Waals surface area (Å²) in [6.45, 7) is 2.63. The largest absolute Gasteiger partial charge is 0.481 e. The summed E-state index contributed by atoms with van der Waals surface area (Å²) in [4.78, 5) is 30.5. The zero-order valence-electron chi connectivity index (χ0n) is 16.0. The molecule has 1 aromatic carbocycles. The van der Waals surface area contributed by atoms with E-state index in [9.17, 15) is 19.1 Å². The number of likely N-dealkylation sites (tertiary alicyclic amines) is 2. The van der Waals surface area contributed by atoms with Crippen LogP contribution in [-0.2, 0) is 16.1 Å². The van der Waals surface area contributed by atoms with Gasteiger partial charge in [0.1, 0.15) is 5.82 Å². The molecule has 0 unspecified atom stereocenters. The van der Waals surface area contributed by atoms with Crippen LogP contribution in [0, 0.1) is 11.2 Å². The fraction of sp³-hybridized carbons (Fsp3) is 0.600. The van der Waals surface area contributed by atoms with Crippen LogP contribution in [0.25, 0.3) is 0 Å². The zero-order valence-corrected chi connectivity index (χ0v) is 16.0. The van der Waals surface area contributed by atoms with Crippen LogP contribution in [0.5, 0.6) is 0 Å². The highest BCUT2D eigenvalue weighted by Crippen LogP contribution is 2.42. The number of piperidine rings is 2. The second kappa shape index (κ2) is 7.94. The van der Waals surface area contributed by atoms with Crippen LogP contribution in [0.1, 0.15) is 24.8 Å². The van der Waals surface area contributed by atoms with Gasteiger partial charge in [-0.1, -0.05) is 12.1 Å². The Bertz CT molecular complexity index is 696. The van der Waals surface area contributed by atoms with E-state index < -0.39 is 11.4 Å². The number of fused-ring (bicyclic) bond motifs is 1. The summed E-state index contributed by atoms with van der Waals surface area (Å²) in [5.74, 6) is -0.999. The van der Waals surface area contributed by atoms with Crippen molar-refractivity contribution < 1.29 is 19.1 Å². The second-order valence-electron chi connectivity index (χ2n) is 7.95. The predicted octanol–water partition coefficient (Wildman–Crippen LogP) is 1.66. The van der Waals surface area contributed by atoms with Crippen LogP contribution in [0.3, 0.4) is 0 Å². The lowest BCUT2D eigenvalue weighted by Crippen LogP contribution is -2.64. The minimum absolute atomic E-state index is 0.0116. The van der Waals surface area contributed by atoms with Crippen LogP contribution in [0.15, 0.2) is 24.3 Å². The summed E-state index contributed by atoms with van der Waals surface area (Å²) >= 11 is 0. The normalized spacial score (nSPS) is 26.1. The van der Waals surface area contributed by atoms with E-state index in [1.165, 1.54) is 12.1 Å². The van der Waals surface area contributed by atoms with E-state index in [1.54, 1.807) is 17.0 Å². The van der Waals surface area contributed by atoms with E-state index in [0.717, 1.165) is 18.5 Å². The lowest BCUT2D eigenvalue weighted by Gasteiger charge is -2.51. The molecule has 2 aliphatic heterocycles. The van der Waals surface area contributed by atoms with E-state index >= 15 is 0 Å². The minimum atomic E-state index is -0.737. The molecule has 6 nitrogen and oxygen atoms in total. The summed E-state index contributed by atoms with van der Waals surface area (Å²) in [6.07, 6.45) is 2.07. The predicted molar refractivity (Wildman–Crippen MR) is 99.7 cm³/mol. The van der Waals surface area contributed by atoms with Gasteiger partial charge >= 0.3 is 5.97 Å². The Kier molecular flexibility index (Phi) is 5.81. The fourth-order valence-corrected chi connectivity index (χ4v) is 4.50. The van der Waals surface area contributed by atoms with Gasteiger partial charge in [-0.25, -0.2) is 4.39 Å². The Morgan fingerprint density at radius 1 is 1.26 bits per heavy atom. The molecule has 2 aliphatic rings. The van der Waals surface area contributed by atoms with Crippen LogP contribution in [0.4, 0.5) is 4.39 Å². The molecular formula is C20H28FN3O3. The standard InChI is InChI=1S/C20H28FN3O3/c1-22(12-15-4-6-16(21)7-5-15)14-18(25)24-11-9-20(19(26)27)8-3-10-23(2)17(20)13-24/h4-7,17H,3,8-14H2,1-2H3,(H,26,27)/t17-,20+/m1/s1. The number of carboxylic acids is 1. The molecule has 2 saturated heterocycles. The van der Waals surface area contributed by atoms with Crippen molar-refractivity contribution >= 4 is 11.9 Å². The number of nitrogens with zero attached hydrogens (tertiary/aromatic N) is 3. The summed E-state index contributed by atoms with van der Waals surface area (Å²) in [5, 5.41) is 9.83. The smallest absolute Gasteiger partial charge is 0.311 e. The molecule has 7 heteroatoms. The number of benzene rings is 1. The average molecular weight is 377 g/mol. The van der Waals surface area contributed by atoms with Gasteiger partial charge in [0.2, 0.25) is 5.91 Å². The Balaban J connectivity index is 1.61. The monoisotopic (exact) mass is 377 g/mol. The van der Waals surface area contributed by atoms with Gasteiger partial charge in [-0.2, -0.15) is 0 Å². The van der Waals surface area contributed by atoms with Gasteiger partial charge in [0.25, 0.3) is 0 Å². The lowest BCUT2D eigenvalue weighted by atomic mass is 9.68. The van der Waals surface area contributed by atoms with Crippen molar-refractivity contribution in [2.24, 2.45) is 5.41 Å². The van der Waals surface area contributed by atoms with Crippen LogP contribution < -0.4 is 0 Å². The number of carboxylic acid groups (broad SMARTS) is 1. The van der Waals surface area contributed by atoms with Gasteiger partial charge in [0.15, 0.2) is 0 Å². The first-order chi connectivity index (χ1) is 12.8. The maximum Gasteiger partial charge on any atom is 0.311 e. The van der Waals surface area contributed by atoms with Crippen molar-refractivity contribution in [3.63, 3.8) is 0 Å². The highest BCUT2D eigenvalue weighted by molar-refractivity contribution is 5.80. The summed E-state index contributed by atoms with van der Waals surface area (Å²) in [5.41, 5.74) is 0.214. The van der Waals surface area contributed by atoms with Gasteiger partial charge < -0.3 is 14.9 Å². The molecule has 1 N–H and O–H groups in total. The first-order valence-electron chi connectivity index (χ1n) is 9.46. The van der Waals surface area contributed by atoms with Crippen molar-refractivity contribution in [1.29, 1.82) is 0 Å². The molecule has 27 heavy (non-hydrogen) atoms. The van der Waals surface area contributed by atoms with Crippen molar-refractivity contribution in [2.75, 3.05) is 40.3 Å². The Hall–Kier alpha value is -1.99. The lowest BCUT2D eigenvalue weighted by molar-refractivity contribution is -0.165.